The number of benzene rings is 2. The van der Waals surface area contributed by atoms with Crippen LogP contribution in [0.15, 0.2) is 30.3 Å². The van der Waals surface area contributed by atoms with Gasteiger partial charge >= 0.3 is 0 Å². The van der Waals surface area contributed by atoms with Gasteiger partial charge in [-0.25, -0.2) is 13.2 Å². The summed E-state index contributed by atoms with van der Waals surface area (Å²) >= 11 is 0. The number of rotatable bonds is 7. The van der Waals surface area contributed by atoms with Crippen molar-refractivity contribution in [2.45, 2.75) is 6.42 Å². The molecule has 0 saturated carbocycles. The first-order valence-corrected chi connectivity index (χ1v) is 7.35. The Labute approximate surface area is 142 Å². The normalized spacial score (nSPS) is 10.3. The summed E-state index contributed by atoms with van der Waals surface area (Å²) in [5, 5.41) is 5.20. The number of carbonyl (C=O) groups excluding carboxylic acids is 1. The average Bonchev–Trinajstić information content (AvgIpc) is 2.62. The monoisotopic (exact) mass is 354 g/mol. The second-order valence-corrected chi connectivity index (χ2v) is 5.01. The summed E-state index contributed by atoms with van der Waals surface area (Å²) in [5.41, 5.74) is 0.237. The molecule has 0 heterocycles. The Balaban J connectivity index is 1.92. The van der Waals surface area contributed by atoms with Crippen LogP contribution in [0, 0.1) is 17.5 Å². The van der Waals surface area contributed by atoms with Gasteiger partial charge in [0.25, 0.3) is 0 Å². The number of carbonyl (C=O) groups is 1. The highest BCUT2D eigenvalue weighted by atomic mass is 19.2. The van der Waals surface area contributed by atoms with Gasteiger partial charge in [-0.3, -0.25) is 4.79 Å². The van der Waals surface area contributed by atoms with E-state index >= 15 is 0 Å². The first-order chi connectivity index (χ1) is 12.0. The van der Waals surface area contributed by atoms with E-state index in [1.165, 1.54) is 14.2 Å². The van der Waals surface area contributed by atoms with Crippen molar-refractivity contribution in [1.29, 1.82) is 0 Å². The number of nitrogens with one attached hydrogen (secondary N) is 2. The van der Waals surface area contributed by atoms with Crippen LogP contribution < -0.4 is 20.1 Å². The number of hydrogen-bond acceptors (Lipinski definition) is 4. The van der Waals surface area contributed by atoms with E-state index in [-0.39, 0.29) is 13.0 Å². The van der Waals surface area contributed by atoms with Gasteiger partial charge < -0.3 is 20.1 Å². The Hall–Kier alpha value is -2.90. The van der Waals surface area contributed by atoms with E-state index in [0.29, 0.717) is 17.2 Å². The first kappa shape index (κ1) is 18.4. The van der Waals surface area contributed by atoms with E-state index in [9.17, 15) is 18.0 Å². The van der Waals surface area contributed by atoms with Crippen LogP contribution >= 0.6 is 0 Å². The summed E-state index contributed by atoms with van der Waals surface area (Å²) in [7, 11) is 3.03. The summed E-state index contributed by atoms with van der Waals surface area (Å²) in [6.07, 6.45) is -0.0202. The van der Waals surface area contributed by atoms with Gasteiger partial charge in [-0.15, -0.1) is 0 Å². The minimum absolute atomic E-state index is 0.0202. The van der Waals surface area contributed by atoms with E-state index < -0.39 is 29.0 Å². The van der Waals surface area contributed by atoms with Crippen molar-refractivity contribution in [3.8, 4) is 11.5 Å². The Morgan fingerprint density at radius 2 is 1.72 bits per heavy atom. The highest BCUT2D eigenvalue weighted by Gasteiger charge is 2.15. The molecular weight excluding hydrogens is 337 g/mol. The number of halogens is 3. The van der Waals surface area contributed by atoms with Crippen molar-refractivity contribution in [2.24, 2.45) is 0 Å². The Bertz CT molecular complexity index is 769. The number of hydrogen-bond donors (Lipinski definition) is 2. The molecule has 25 heavy (non-hydrogen) atoms. The molecule has 0 saturated heterocycles. The zero-order valence-corrected chi connectivity index (χ0v) is 13.7. The van der Waals surface area contributed by atoms with E-state index in [1.807, 2.05) is 0 Å². The van der Waals surface area contributed by atoms with Crippen molar-refractivity contribution >= 4 is 17.3 Å². The van der Waals surface area contributed by atoms with Crippen molar-refractivity contribution < 1.29 is 27.4 Å². The molecule has 2 aromatic carbocycles. The summed E-state index contributed by atoms with van der Waals surface area (Å²) in [4.78, 5) is 11.8. The third kappa shape index (κ3) is 4.56. The molecule has 2 aromatic rings. The predicted molar refractivity (Wildman–Crippen MR) is 87.6 cm³/mol. The molecule has 0 spiro atoms. The first-order valence-electron chi connectivity index (χ1n) is 7.35. The molecule has 0 aliphatic carbocycles. The fraction of sp³-hybridized carbons (Fsp3) is 0.235. The van der Waals surface area contributed by atoms with Gasteiger partial charge in [0.15, 0.2) is 17.5 Å². The second kappa shape index (κ2) is 8.27. The topological polar surface area (TPSA) is 59.6 Å². The summed E-state index contributed by atoms with van der Waals surface area (Å²) in [6, 6.07) is 6.84. The third-order valence-electron chi connectivity index (χ3n) is 3.39. The number of methoxy groups -OCH3 is 2. The van der Waals surface area contributed by atoms with E-state index in [4.69, 9.17) is 9.47 Å². The van der Waals surface area contributed by atoms with Crippen LogP contribution in [0.4, 0.5) is 24.5 Å². The molecule has 2 rings (SSSR count). The Morgan fingerprint density at radius 3 is 2.40 bits per heavy atom. The Morgan fingerprint density at radius 1 is 1.00 bits per heavy atom. The van der Waals surface area contributed by atoms with Crippen molar-refractivity contribution in [3.63, 3.8) is 0 Å². The molecule has 134 valence electrons. The summed E-state index contributed by atoms with van der Waals surface area (Å²) in [5.74, 6) is -3.77. The Kier molecular flexibility index (Phi) is 6.10. The van der Waals surface area contributed by atoms with Crippen LogP contribution in [-0.4, -0.2) is 26.7 Å². The lowest BCUT2D eigenvalue weighted by atomic mass is 10.2. The van der Waals surface area contributed by atoms with Crippen molar-refractivity contribution in [2.75, 3.05) is 31.4 Å². The predicted octanol–water partition coefficient (Wildman–Crippen LogP) is 3.56. The van der Waals surface area contributed by atoms with Crippen LogP contribution in [0.1, 0.15) is 6.42 Å². The molecule has 0 aliphatic heterocycles. The van der Waals surface area contributed by atoms with Crippen molar-refractivity contribution in [3.05, 3.63) is 47.8 Å². The lowest BCUT2D eigenvalue weighted by Crippen LogP contribution is -2.17. The minimum Gasteiger partial charge on any atom is -0.497 e. The van der Waals surface area contributed by atoms with Gasteiger partial charge in [-0.05, 0) is 24.3 Å². The van der Waals surface area contributed by atoms with Crippen LogP contribution in [-0.2, 0) is 4.79 Å². The van der Waals surface area contributed by atoms with Crippen LogP contribution in [0.3, 0.4) is 0 Å². The quantitative estimate of drug-likeness (QED) is 0.747. The van der Waals surface area contributed by atoms with E-state index in [0.717, 1.165) is 12.1 Å². The maximum atomic E-state index is 13.5. The van der Waals surface area contributed by atoms with Gasteiger partial charge in [-0.1, -0.05) is 0 Å². The summed E-state index contributed by atoms with van der Waals surface area (Å²) in [6.45, 7) is 0.222. The van der Waals surface area contributed by atoms with Crippen LogP contribution in [0.25, 0.3) is 0 Å². The third-order valence-corrected chi connectivity index (χ3v) is 3.39. The van der Waals surface area contributed by atoms with Gasteiger partial charge in [-0.2, -0.15) is 0 Å². The number of anilines is 2. The molecule has 2 N–H and O–H groups in total. The molecule has 0 fully saturated rings. The van der Waals surface area contributed by atoms with Gasteiger partial charge in [0, 0.05) is 19.0 Å². The highest BCUT2D eigenvalue weighted by Crippen LogP contribution is 2.29. The average molecular weight is 354 g/mol. The smallest absolute Gasteiger partial charge is 0.226 e. The molecule has 0 radical (unpaired) electrons. The van der Waals surface area contributed by atoms with Crippen molar-refractivity contribution in [1.82, 2.24) is 0 Å². The molecule has 1 amide bonds. The lowest BCUT2D eigenvalue weighted by molar-refractivity contribution is -0.116. The van der Waals surface area contributed by atoms with Crippen LogP contribution in [0.5, 0.6) is 11.5 Å². The second-order valence-electron chi connectivity index (χ2n) is 5.01. The SMILES string of the molecule is COc1ccc(NCCC(=O)Nc2ccc(F)c(F)c2F)c(OC)c1. The molecule has 0 aromatic heterocycles. The largest absolute Gasteiger partial charge is 0.497 e. The summed E-state index contributed by atoms with van der Waals surface area (Å²) < 4.78 is 49.8. The van der Waals surface area contributed by atoms with E-state index in [1.54, 1.807) is 18.2 Å². The fourth-order valence-corrected chi connectivity index (χ4v) is 2.09. The number of ether oxygens (including phenoxy) is 2. The van der Waals surface area contributed by atoms with Gasteiger partial charge in [0.05, 0.1) is 25.6 Å². The standard InChI is InChI=1S/C17H17F3N2O3/c1-24-10-3-5-12(14(9-10)25-2)21-8-7-15(23)22-13-6-4-11(18)16(19)17(13)20/h3-6,9,21H,7-8H2,1-2H3,(H,22,23). The highest BCUT2D eigenvalue weighted by molar-refractivity contribution is 5.91. The van der Waals surface area contributed by atoms with Crippen LogP contribution in [0.2, 0.25) is 0 Å². The molecule has 0 atom stereocenters. The molecular formula is C17H17F3N2O3. The molecule has 0 unspecified atom stereocenters. The van der Waals surface area contributed by atoms with Gasteiger partial charge in [0.1, 0.15) is 11.5 Å². The zero-order chi connectivity index (χ0) is 18.4. The number of amides is 1. The zero-order valence-electron chi connectivity index (χ0n) is 13.7. The molecule has 0 aliphatic rings. The molecule has 0 bridgehead atoms. The van der Waals surface area contributed by atoms with E-state index in [2.05, 4.69) is 10.6 Å². The minimum atomic E-state index is -1.63. The lowest BCUT2D eigenvalue weighted by Gasteiger charge is -2.12. The molecule has 8 heteroatoms. The van der Waals surface area contributed by atoms with Gasteiger partial charge in [0.2, 0.25) is 5.91 Å². The fourth-order valence-electron chi connectivity index (χ4n) is 2.09. The molecule has 5 nitrogen and oxygen atoms in total. The maximum absolute atomic E-state index is 13.5. The maximum Gasteiger partial charge on any atom is 0.226 e.